The van der Waals surface area contributed by atoms with Crippen LogP contribution in [0, 0.1) is 5.41 Å². The molecule has 0 unspecified atom stereocenters. The molecule has 0 spiro atoms. The second kappa shape index (κ2) is 5.26. The molecule has 0 atom stereocenters. The number of hydrogen-bond acceptors (Lipinski definition) is 3. The van der Waals surface area contributed by atoms with E-state index < -0.39 is 0 Å². The van der Waals surface area contributed by atoms with Gasteiger partial charge in [0.05, 0.1) is 0 Å². The minimum atomic E-state index is 0.300. The van der Waals surface area contributed by atoms with Gasteiger partial charge in [-0.25, -0.2) is 4.98 Å². The Hall–Kier alpha value is -0.900. The Kier molecular flexibility index (Phi) is 4.27. The lowest BCUT2D eigenvalue weighted by Crippen LogP contribution is -2.18. The highest BCUT2D eigenvalue weighted by Gasteiger charge is 2.17. The van der Waals surface area contributed by atoms with Gasteiger partial charge in [0.1, 0.15) is 11.6 Å². The van der Waals surface area contributed by atoms with E-state index in [9.17, 15) is 0 Å². The fraction of sp³-hybridized carbons (Fsp3) is 0.818. The van der Waals surface area contributed by atoms with Crippen LogP contribution in [-0.4, -0.2) is 21.7 Å². The van der Waals surface area contributed by atoms with Crippen LogP contribution in [0.2, 0.25) is 0 Å². The number of aromatic nitrogens is 3. The maximum Gasteiger partial charge on any atom is 0.150 e. The largest absolute Gasteiger partial charge is 0.330 e. The molecule has 1 aromatic heterocycles. The van der Waals surface area contributed by atoms with Crippen LogP contribution in [0.1, 0.15) is 45.3 Å². The summed E-state index contributed by atoms with van der Waals surface area (Å²) < 4.78 is 0. The summed E-state index contributed by atoms with van der Waals surface area (Å²) in [6.07, 6.45) is 4.01. The van der Waals surface area contributed by atoms with Gasteiger partial charge in [0.25, 0.3) is 0 Å². The minimum absolute atomic E-state index is 0.300. The molecule has 0 amide bonds. The van der Waals surface area contributed by atoms with E-state index >= 15 is 0 Å². The SMILES string of the molecule is CCc1n[nH]c(CCC(C)(C)CCN)n1. The summed E-state index contributed by atoms with van der Waals surface area (Å²) in [6.45, 7) is 7.31. The monoisotopic (exact) mass is 210 g/mol. The Labute approximate surface area is 91.7 Å². The van der Waals surface area contributed by atoms with E-state index in [0.29, 0.717) is 5.41 Å². The van der Waals surface area contributed by atoms with Crippen LogP contribution in [0.15, 0.2) is 0 Å². The Morgan fingerprint density at radius 3 is 2.60 bits per heavy atom. The van der Waals surface area contributed by atoms with Crippen molar-refractivity contribution in [1.29, 1.82) is 0 Å². The third kappa shape index (κ3) is 4.00. The molecular formula is C11H22N4. The molecule has 86 valence electrons. The fourth-order valence-corrected chi connectivity index (χ4v) is 1.58. The van der Waals surface area contributed by atoms with Crippen molar-refractivity contribution in [3.8, 4) is 0 Å². The summed E-state index contributed by atoms with van der Waals surface area (Å²) >= 11 is 0. The van der Waals surface area contributed by atoms with Crippen molar-refractivity contribution in [3.63, 3.8) is 0 Å². The maximum absolute atomic E-state index is 5.57. The van der Waals surface area contributed by atoms with Gasteiger partial charge >= 0.3 is 0 Å². The lowest BCUT2D eigenvalue weighted by molar-refractivity contribution is 0.311. The summed E-state index contributed by atoms with van der Waals surface area (Å²) in [4.78, 5) is 4.39. The van der Waals surface area contributed by atoms with Crippen molar-refractivity contribution in [2.75, 3.05) is 6.54 Å². The number of H-pyrrole nitrogens is 1. The number of rotatable bonds is 6. The molecule has 0 aromatic carbocycles. The molecule has 0 saturated heterocycles. The van der Waals surface area contributed by atoms with Crippen molar-refractivity contribution < 1.29 is 0 Å². The second-order valence-corrected chi connectivity index (χ2v) is 4.75. The van der Waals surface area contributed by atoms with Gasteiger partial charge in [0.2, 0.25) is 0 Å². The standard InChI is InChI=1S/C11H22N4/c1-4-9-13-10(15-14-9)5-6-11(2,3)7-8-12/h4-8,12H2,1-3H3,(H,13,14,15). The first-order chi connectivity index (χ1) is 7.07. The molecule has 0 aliphatic carbocycles. The normalized spacial score (nSPS) is 12.0. The first-order valence-electron chi connectivity index (χ1n) is 5.67. The number of nitrogens with two attached hydrogens (primary N) is 1. The summed E-state index contributed by atoms with van der Waals surface area (Å²) in [6, 6.07) is 0. The number of aryl methyl sites for hydroxylation is 2. The molecule has 0 saturated carbocycles. The van der Waals surface area contributed by atoms with Gasteiger partial charge in [-0.15, -0.1) is 0 Å². The molecule has 4 nitrogen and oxygen atoms in total. The first-order valence-corrected chi connectivity index (χ1v) is 5.67. The van der Waals surface area contributed by atoms with Crippen LogP contribution in [0.25, 0.3) is 0 Å². The smallest absolute Gasteiger partial charge is 0.150 e. The Bertz CT molecular complexity index is 291. The van der Waals surface area contributed by atoms with E-state index in [1.54, 1.807) is 0 Å². The zero-order valence-corrected chi connectivity index (χ0v) is 10.0. The Balaban J connectivity index is 2.42. The van der Waals surface area contributed by atoms with Crippen LogP contribution in [0.3, 0.4) is 0 Å². The van der Waals surface area contributed by atoms with E-state index in [2.05, 4.69) is 36.0 Å². The van der Waals surface area contributed by atoms with Gasteiger partial charge in [0, 0.05) is 12.8 Å². The van der Waals surface area contributed by atoms with Crippen molar-refractivity contribution in [3.05, 3.63) is 11.6 Å². The Morgan fingerprint density at radius 1 is 1.33 bits per heavy atom. The van der Waals surface area contributed by atoms with Gasteiger partial charge in [-0.1, -0.05) is 20.8 Å². The van der Waals surface area contributed by atoms with Gasteiger partial charge in [-0.05, 0) is 24.8 Å². The number of nitrogens with one attached hydrogen (secondary N) is 1. The molecule has 1 rings (SSSR count). The number of aromatic amines is 1. The van der Waals surface area contributed by atoms with Gasteiger partial charge in [0.15, 0.2) is 0 Å². The average molecular weight is 210 g/mol. The first kappa shape index (κ1) is 12.2. The molecule has 0 radical (unpaired) electrons. The fourth-order valence-electron chi connectivity index (χ4n) is 1.58. The molecule has 0 aliphatic rings. The molecular weight excluding hydrogens is 188 g/mol. The Morgan fingerprint density at radius 2 is 2.07 bits per heavy atom. The summed E-state index contributed by atoms with van der Waals surface area (Å²) in [5.41, 5.74) is 5.87. The molecule has 3 N–H and O–H groups in total. The molecule has 0 fully saturated rings. The van der Waals surface area contributed by atoms with Gasteiger partial charge in [-0.2, -0.15) is 5.10 Å². The highest BCUT2D eigenvalue weighted by molar-refractivity contribution is 4.91. The lowest BCUT2D eigenvalue weighted by Gasteiger charge is -2.22. The average Bonchev–Trinajstić information content (AvgIpc) is 2.62. The number of hydrogen-bond donors (Lipinski definition) is 2. The second-order valence-electron chi connectivity index (χ2n) is 4.75. The van der Waals surface area contributed by atoms with Crippen LogP contribution in [0.5, 0.6) is 0 Å². The van der Waals surface area contributed by atoms with Crippen molar-refractivity contribution in [2.24, 2.45) is 11.1 Å². The molecule has 0 aliphatic heterocycles. The van der Waals surface area contributed by atoms with Crippen LogP contribution >= 0.6 is 0 Å². The number of nitrogens with zero attached hydrogens (tertiary/aromatic N) is 2. The van der Waals surface area contributed by atoms with Crippen molar-refractivity contribution in [1.82, 2.24) is 15.2 Å². The van der Waals surface area contributed by atoms with Gasteiger partial charge < -0.3 is 5.73 Å². The van der Waals surface area contributed by atoms with E-state index in [0.717, 1.165) is 43.9 Å². The van der Waals surface area contributed by atoms with Gasteiger partial charge in [-0.3, -0.25) is 5.10 Å². The summed E-state index contributed by atoms with van der Waals surface area (Å²) in [7, 11) is 0. The highest BCUT2D eigenvalue weighted by Crippen LogP contribution is 2.25. The molecule has 15 heavy (non-hydrogen) atoms. The molecule has 4 heteroatoms. The predicted molar refractivity (Wildman–Crippen MR) is 61.5 cm³/mol. The van der Waals surface area contributed by atoms with Crippen LogP contribution < -0.4 is 5.73 Å². The van der Waals surface area contributed by atoms with Crippen LogP contribution in [0.4, 0.5) is 0 Å². The minimum Gasteiger partial charge on any atom is -0.330 e. The maximum atomic E-state index is 5.57. The third-order valence-electron chi connectivity index (χ3n) is 2.75. The highest BCUT2D eigenvalue weighted by atomic mass is 15.2. The van der Waals surface area contributed by atoms with Crippen LogP contribution in [-0.2, 0) is 12.8 Å². The third-order valence-corrected chi connectivity index (χ3v) is 2.75. The lowest BCUT2D eigenvalue weighted by atomic mass is 9.84. The van der Waals surface area contributed by atoms with E-state index in [1.807, 2.05) is 0 Å². The molecule has 1 heterocycles. The summed E-state index contributed by atoms with van der Waals surface area (Å²) in [5.74, 6) is 1.90. The molecule has 1 aromatic rings. The van der Waals surface area contributed by atoms with E-state index in [4.69, 9.17) is 5.73 Å². The van der Waals surface area contributed by atoms with E-state index in [1.165, 1.54) is 0 Å². The van der Waals surface area contributed by atoms with Crippen molar-refractivity contribution >= 4 is 0 Å². The van der Waals surface area contributed by atoms with Crippen molar-refractivity contribution in [2.45, 2.75) is 46.5 Å². The zero-order valence-electron chi connectivity index (χ0n) is 10.0. The summed E-state index contributed by atoms with van der Waals surface area (Å²) in [5, 5.41) is 7.10. The quantitative estimate of drug-likeness (QED) is 0.750. The molecule has 0 bridgehead atoms. The van der Waals surface area contributed by atoms with E-state index in [-0.39, 0.29) is 0 Å². The topological polar surface area (TPSA) is 67.6 Å². The zero-order chi connectivity index (χ0) is 11.3. The predicted octanol–water partition coefficient (Wildman–Crippen LogP) is 1.67.